The standard InChI is InChI=1S/C16H16N6OS/c1-10-7-13(10)22-9-12(18-21-22)15(23)17-8-14-19-20-16(24-14)11-5-3-2-4-6-11/h2-6,9-10,13H,7-8H2,1H3,(H,17,23)/t10-,13+/m0/s1. The maximum Gasteiger partial charge on any atom is 0.273 e. The van der Waals surface area contributed by atoms with Crippen molar-refractivity contribution in [2.24, 2.45) is 5.92 Å². The third-order valence-electron chi connectivity index (χ3n) is 4.04. The van der Waals surface area contributed by atoms with E-state index in [1.807, 2.05) is 30.3 Å². The average molecular weight is 340 g/mol. The minimum absolute atomic E-state index is 0.244. The van der Waals surface area contributed by atoms with Gasteiger partial charge in [-0.15, -0.1) is 15.3 Å². The molecule has 1 aromatic carbocycles. The van der Waals surface area contributed by atoms with Gasteiger partial charge in [-0.1, -0.05) is 53.8 Å². The average Bonchev–Trinajstić information content (AvgIpc) is 3.05. The zero-order chi connectivity index (χ0) is 16.5. The van der Waals surface area contributed by atoms with E-state index in [0.717, 1.165) is 22.0 Å². The fourth-order valence-corrected chi connectivity index (χ4v) is 3.27. The van der Waals surface area contributed by atoms with Crippen molar-refractivity contribution >= 4 is 17.2 Å². The van der Waals surface area contributed by atoms with Crippen molar-refractivity contribution < 1.29 is 4.79 Å². The summed E-state index contributed by atoms with van der Waals surface area (Å²) in [6.45, 7) is 2.49. The van der Waals surface area contributed by atoms with Gasteiger partial charge >= 0.3 is 0 Å². The van der Waals surface area contributed by atoms with Crippen LogP contribution in [-0.4, -0.2) is 31.1 Å². The van der Waals surface area contributed by atoms with Gasteiger partial charge in [-0.2, -0.15) is 0 Å². The van der Waals surface area contributed by atoms with E-state index in [9.17, 15) is 4.79 Å². The highest BCUT2D eigenvalue weighted by molar-refractivity contribution is 7.14. The first-order valence-electron chi connectivity index (χ1n) is 7.78. The molecule has 0 bridgehead atoms. The normalized spacial score (nSPS) is 19.2. The van der Waals surface area contributed by atoms with E-state index in [2.05, 4.69) is 32.7 Å². The molecular weight excluding hydrogens is 324 g/mol. The topological polar surface area (TPSA) is 85.6 Å². The molecule has 1 N–H and O–H groups in total. The highest BCUT2D eigenvalue weighted by Crippen LogP contribution is 2.41. The summed E-state index contributed by atoms with van der Waals surface area (Å²) in [5, 5.41) is 20.7. The minimum atomic E-state index is -0.244. The number of rotatable bonds is 5. The van der Waals surface area contributed by atoms with Gasteiger partial charge in [-0.3, -0.25) is 4.79 Å². The number of nitrogens with one attached hydrogen (secondary N) is 1. The molecule has 2 heterocycles. The van der Waals surface area contributed by atoms with Crippen LogP contribution >= 0.6 is 11.3 Å². The number of hydrogen-bond acceptors (Lipinski definition) is 6. The fraction of sp³-hybridized carbons (Fsp3) is 0.312. The van der Waals surface area contributed by atoms with Crippen LogP contribution in [0.1, 0.15) is 34.9 Å². The molecule has 24 heavy (non-hydrogen) atoms. The lowest BCUT2D eigenvalue weighted by Gasteiger charge is -1.98. The molecule has 1 aliphatic carbocycles. The Morgan fingerprint density at radius 1 is 1.29 bits per heavy atom. The van der Waals surface area contributed by atoms with Crippen molar-refractivity contribution in [1.29, 1.82) is 0 Å². The number of hydrogen-bond donors (Lipinski definition) is 1. The number of benzene rings is 1. The fourth-order valence-electron chi connectivity index (χ4n) is 2.48. The Labute approximate surface area is 142 Å². The molecular formula is C16H16N6OS. The summed E-state index contributed by atoms with van der Waals surface area (Å²) in [5.41, 5.74) is 1.36. The Bertz CT molecular complexity index is 858. The first-order chi connectivity index (χ1) is 11.7. The lowest BCUT2D eigenvalue weighted by atomic mass is 10.2. The first-order valence-corrected chi connectivity index (χ1v) is 8.60. The second-order valence-electron chi connectivity index (χ2n) is 5.91. The van der Waals surface area contributed by atoms with Crippen LogP contribution in [0.4, 0.5) is 0 Å². The van der Waals surface area contributed by atoms with E-state index in [4.69, 9.17) is 0 Å². The van der Waals surface area contributed by atoms with E-state index in [0.29, 0.717) is 24.2 Å². The molecule has 1 amide bonds. The van der Waals surface area contributed by atoms with Crippen LogP contribution in [0.2, 0.25) is 0 Å². The van der Waals surface area contributed by atoms with Crippen LogP contribution < -0.4 is 5.32 Å². The smallest absolute Gasteiger partial charge is 0.273 e. The SMILES string of the molecule is C[C@H]1C[C@H]1n1cc(C(=O)NCc2nnc(-c3ccccc3)s2)nn1. The van der Waals surface area contributed by atoms with Gasteiger partial charge in [0.2, 0.25) is 0 Å². The molecule has 1 saturated carbocycles. The van der Waals surface area contributed by atoms with Crippen LogP contribution in [0.3, 0.4) is 0 Å². The predicted molar refractivity (Wildman–Crippen MR) is 89.4 cm³/mol. The monoisotopic (exact) mass is 340 g/mol. The van der Waals surface area contributed by atoms with Crippen molar-refractivity contribution in [1.82, 2.24) is 30.5 Å². The third kappa shape index (κ3) is 3.05. The molecule has 2 atom stereocenters. The summed E-state index contributed by atoms with van der Waals surface area (Å²) in [5.74, 6) is 0.367. The number of carbonyl (C=O) groups is 1. The van der Waals surface area contributed by atoms with Crippen molar-refractivity contribution in [3.8, 4) is 10.6 Å². The first kappa shape index (κ1) is 14.9. The Balaban J connectivity index is 1.37. The van der Waals surface area contributed by atoms with Gasteiger partial charge < -0.3 is 5.32 Å². The van der Waals surface area contributed by atoms with Crippen molar-refractivity contribution in [2.75, 3.05) is 0 Å². The van der Waals surface area contributed by atoms with Crippen LogP contribution in [0.15, 0.2) is 36.5 Å². The largest absolute Gasteiger partial charge is 0.344 e. The molecule has 0 spiro atoms. The Morgan fingerprint density at radius 2 is 2.08 bits per heavy atom. The molecule has 2 aromatic heterocycles. The van der Waals surface area contributed by atoms with Gasteiger partial charge in [0, 0.05) is 5.56 Å². The Kier molecular flexibility index (Phi) is 3.81. The molecule has 8 heteroatoms. The maximum absolute atomic E-state index is 12.2. The quantitative estimate of drug-likeness (QED) is 0.770. The summed E-state index contributed by atoms with van der Waals surface area (Å²) in [7, 11) is 0. The van der Waals surface area contributed by atoms with E-state index >= 15 is 0 Å². The summed E-state index contributed by atoms with van der Waals surface area (Å²) < 4.78 is 1.78. The molecule has 3 aromatic rings. The van der Waals surface area contributed by atoms with E-state index in [-0.39, 0.29) is 5.91 Å². The molecule has 0 saturated heterocycles. The highest BCUT2D eigenvalue weighted by atomic mass is 32.1. The summed E-state index contributed by atoms with van der Waals surface area (Å²) in [4.78, 5) is 12.2. The summed E-state index contributed by atoms with van der Waals surface area (Å²) in [6.07, 6.45) is 2.80. The van der Waals surface area contributed by atoms with Gasteiger partial charge in [0.25, 0.3) is 5.91 Å². The number of amides is 1. The lowest BCUT2D eigenvalue weighted by Crippen LogP contribution is -2.23. The Hall–Kier alpha value is -2.61. The highest BCUT2D eigenvalue weighted by Gasteiger charge is 2.35. The Morgan fingerprint density at radius 3 is 2.83 bits per heavy atom. The molecule has 1 fully saturated rings. The van der Waals surface area contributed by atoms with E-state index in [1.165, 1.54) is 11.3 Å². The van der Waals surface area contributed by atoms with Gasteiger partial charge in [0.1, 0.15) is 10.0 Å². The second-order valence-corrected chi connectivity index (χ2v) is 6.98. The van der Waals surface area contributed by atoms with Gasteiger partial charge in [0.15, 0.2) is 5.69 Å². The van der Waals surface area contributed by atoms with Crippen LogP contribution in [0, 0.1) is 5.92 Å². The van der Waals surface area contributed by atoms with Crippen molar-refractivity contribution in [3.63, 3.8) is 0 Å². The van der Waals surface area contributed by atoms with Gasteiger partial charge in [-0.05, 0) is 12.3 Å². The summed E-state index contributed by atoms with van der Waals surface area (Å²) in [6, 6.07) is 10.2. The van der Waals surface area contributed by atoms with Crippen molar-refractivity contribution in [3.05, 3.63) is 47.2 Å². The van der Waals surface area contributed by atoms with E-state index < -0.39 is 0 Å². The zero-order valence-corrected chi connectivity index (χ0v) is 13.9. The molecule has 0 aliphatic heterocycles. The van der Waals surface area contributed by atoms with Crippen molar-refractivity contribution in [2.45, 2.75) is 25.9 Å². The van der Waals surface area contributed by atoms with Crippen LogP contribution in [-0.2, 0) is 6.54 Å². The van der Waals surface area contributed by atoms with E-state index in [1.54, 1.807) is 10.9 Å². The third-order valence-corrected chi connectivity index (χ3v) is 5.01. The zero-order valence-electron chi connectivity index (χ0n) is 13.1. The molecule has 122 valence electrons. The molecule has 0 unspecified atom stereocenters. The lowest BCUT2D eigenvalue weighted by molar-refractivity contribution is 0.0945. The van der Waals surface area contributed by atoms with Crippen LogP contribution in [0.5, 0.6) is 0 Å². The molecule has 0 radical (unpaired) electrons. The van der Waals surface area contributed by atoms with Gasteiger partial charge in [0.05, 0.1) is 18.8 Å². The molecule has 7 nitrogen and oxygen atoms in total. The second kappa shape index (κ2) is 6.12. The minimum Gasteiger partial charge on any atom is -0.344 e. The molecule has 4 rings (SSSR count). The number of carbonyl (C=O) groups excluding carboxylic acids is 1. The molecule has 1 aliphatic rings. The number of aromatic nitrogens is 5. The number of nitrogens with zero attached hydrogens (tertiary/aromatic N) is 5. The summed E-state index contributed by atoms with van der Waals surface area (Å²) >= 11 is 1.47. The maximum atomic E-state index is 12.2. The predicted octanol–water partition coefficient (Wildman–Crippen LogP) is 2.31. The van der Waals surface area contributed by atoms with Crippen LogP contribution in [0.25, 0.3) is 10.6 Å². The van der Waals surface area contributed by atoms with Gasteiger partial charge in [-0.25, -0.2) is 4.68 Å².